The highest BCUT2D eigenvalue weighted by Crippen LogP contribution is 2.26. The molecular formula is C9H14N2O2S. The maximum atomic E-state index is 11.4. The topological polar surface area (TPSA) is 42.3 Å². The second kappa shape index (κ2) is 3.10. The summed E-state index contributed by atoms with van der Waals surface area (Å²) in [5.41, 5.74) is 1.07. The third-order valence-electron chi connectivity index (χ3n) is 2.71. The van der Waals surface area contributed by atoms with Crippen molar-refractivity contribution in [3.8, 4) is 0 Å². The van der Waals surface area contributed by atoms with Crippen LogP contribution in [0.5, 0.6) is 0 Å². The minimum atomic E-state index is -3.08. The zero-order valence-corrected chi connectivity index (χ0v) is 9.16. The Morgan fingerprint density at radius 3 is 2.79 bits per heavy atom. The van der Waals surface area contributed by atoms with E-state index in [1.807, 2.05) is 25.3 Å². The van der Waals surface area contributed by atoms with Crippen LogP contribution < -0.4 is 0 Å². The maximum Gasteiger partial charge on any atom is 0.211 e. The van der Waals surface area contributed by atoms with Gasteiger partial charge in [-0.15, -0.1) is 0 Å². The molecule has 0 fully saturated rings. The molecule has 0 bridgehead atoms. The molecule has 0 amide bonds. The lowest BCUT2D eigenvalue weighted by Gasteiger charge is -2.32. The molecule has 4 nitrogen and oxygen atoms in total. The largest absolute Gasteiger partial charge is 0.349 e. The molecule has 78 valence electrons. The molecular weight excluding hydrogens is 200 g/mol. The Hall–Kier alpha value is -0.810. The maximum absolute atomic E-state index is 11.4. The van der Waals surface area contributed by atoms with Gasteiger partial charge in [-0.1, -0.05) is 0 Å². The van der Waals surface area contributed by atoms with Crippen molar-refractivity contribution < 1.29 is 8.42 Å². The van der Waals surface area contributed by atoms with E-state index >= 15 is 0 Å². The molecule has 1 aliphatic heterocycles. The summed E-state index contributed by atoms with van der Waals surface area (Å²) in [5, 5.41) is 0. The van der Waals surface area contributed by atoms with Gasteiger partial charge in [0.05, 0.1) is 12.3 Å². The molecule has 0 aliphatic carbocycles. The first-order valence-corrected chi connectivity index (χ1v) is 6.47. The highest BCUT2D eigenvalue weighted by Gasteiger charge is 2.29. The number of rotatable bonds is 1. The molecule has 0 aromatic carbocycles. The van der Waals surface area contributed by atoms with Gasteiger partial charge in [0, 0.05) is 25.0 Å². The predicted octanol–water partition coefficient (Wildman–Crippen LogP) is 0.824. The number of sulfonamides is 1. The van der Waals surface area contributed by atoms with Crippen molar-refractivity contribution in [1.29, 1.82) is 0 Å². The Morgan fingerprint density at radius 2 is 2.14 bits per heavy atom. The van der Waals surface area contributed by atoms with E-state index in [1.165, 1.54) is 6.26 Å². The summed E-state index contributed by atoms with van der Waals surface area (Å²) in [7, 11) is -3.08. The van der Waals surface area contributed by atoms with E-state index in [9.17, 15) is 8.42 Å². The lowest BCUT2D eigenvalue weighted by atomic mass is 10.2. The highest BCUT2D eigenvalue weighted by molar-refractivity contribution is 7.88. The first-order chi connectivity index (χ1) is 6.50. The summed E-state index contributed by atoms with van der Waals surface area (Å²) in [6.45, 7) is 3.24. The Bertz CT molecular complexity index is 435. The highest BCUT2D eigenvalue weighted by atomic mass is 32.2. The molecule has 1 aromatic rings. The molecule has 1 aromatic heterocycles. The molecule has 0 saturated carbocycles. The lowest BCUT2D eigenvalue weighted by Crippen LogP contribution is -2.39. The van der Waals surface area contributed by atoms with Crippen LogP contribution in [-0.4, -0.2) is 30.1 Å². The van der Waals surface area contributed by atoms with Crippen molar-refractivity contribution in [2.75, 3.05) is 12.8 Å². The van der Waals surface area contributed by atoms with Gasteiger partial charge >= 0.3 is 0 Å². The standard InChI is InChI=1S/C9H14N2O2S/c1-8-9-4-3-5-10(9)6-7-11(8)14(2,12)13/h3-5,8H,6-7H2,1-2H3. The van der Waals surface area contributed by atoms with Gasteiger partial charge in [0.1, 0.15) is 0 Å². The third-order valence-corrected chi connectivity index (χ3v) is 4.06. The van der Waals surface area contributed by atoms with Crippen molar-refractivity contribution in [2.45, 2.75) is 19.5 Å². The van der Waals surface area contributed by atoms with E-state index in [0.29, 0.717) is 6.54 Å². The fourth-order valence-electron chi connectivity index (χ4n) is 2.01. The van der Waals surface area contributed by atoms with E-state index in [2.05, 4.69) is 4.57 Å². The Balaban J connectivity index is 2.39. The molecule has 1 unspecified atom stereocenters. The van der Waals surface area contributed by atoms with Gasteiger partial charge in [0.15, 0.2) is 0 Å². The number of hydrogen-bond donors (Lipinski definition) is 0. The molecule has 0 saturated heterocycles. The number of aromatic nitrogens is 1. The Morgan fingerprint density at radius 1 is 1.43 bits per heavy atom. The predicted molar refractivity (Wildman–Crippen MR) is 54.4 cm³/mol. The van der Waals surface area contributed by atoms with Crippen LogP contribution >= 0.6 is 0 Å². The normalized spacial score (nSPS) is 23.4. The third kappa shape index (κ3) is 1.46. The van der Waals surface area contributed by atoms with Crippen molar-refractivity contribution in [1.82, 2.24) is 8.87 Å². The molecule has 0 spiro atoms. The van der Waals surface area contributed by atoms with Crippen LogP contribution in [0.15, 0.2) is 18.3 Å². The quantitative estimate of drug-likeness (QED) is 0.694. The number of hydrogen-bond acceptors (Lipinski definition) is 2. The molecule has 14 heavy (non-hydrogen) atoms. The summed E-state index contributed by atoms with van der Waals surface area (Å²) in [4.78, 5) is 0. The number of fused-ring (bicyclic) bond motifs is 1. The minimum absolute atomic E-state index is 0.0475. The van der Waals surface area contributed by atoms with Gasteiger partial charge < -0.3 is 4.57 Å². The smallest absolute Gasteiger partial charge is 0.211 e. The van der Waals surface area contributed by atoms with Crippen LogP contribution in [0.4, 0.5) is 0 Å². The van der Waals surface area contributed by atoms with Gasteiger partial charge in [0.25, 0.3) is 0 Å². The van der Waals surface area contributed by atoms with E-state index < -0.39 is 10.0 Å². The van der Waals surface area contributed by atoms with Crippen LogP contribution in [0.1, 0.15) is 18.7 Å². The Labute approximate surface area is 84.2 Å². The van der Waals surface area contributed by atoms with Crippen LogP contribution in [0, 0.1) is 0 Å². The lowest BCUT2D eigenvalue weighted by molar-refractivity contribution is 0.284. The van der Waals surface area contributed by atoms with Crippen molar-refractivity contribution >= 4 is 10.0 Å². The molecule has 2 heterocycles. The molecule has 1 atom stereocenters. The minimum Gasteiger partial charge on any atom is -0.349 e. The van der Waals surface area contributed by atoms with Crippen LogP contribution in [-0.2, 0) is 16.6 Å². The van der Waals surface area contributed by atoms with Gasteiger partial charge in [-0.05, 0) is 19.1 Å². The monoisotopic (exact) mass is 214 g/mol. The van der Waals surface area contributed by atoms with Crippen molar-refractivity contribution in [3.63, 3.8) is 0 Å². The van der Waals surface area contributed by atoms with E-state index in [1.54, 1.807) is 4.31 Å². The molecule has 5 heteroatoms. The summed E-state index contributed by atoms with van der Waals surface area (Å²) < 4.78 is 26.5. The van der Waals surface area contributed by atoms with E-state index in [0.717, 1.165) is 12.2 Å². The summed E-state index contributed by atoms with van der Waals surface area (Å²) in [5.74, 6) is 0. The van der Waals surface area contributed by atoms with Crippen LogP contribution in [0.25, 0.3) is 0 Å². The summed E-state index contributed by atoms with van der Waals surface area (Å²) >= 11 is 0. The first kappa shape index (κ1) is 9.73. The van der Waals surface area contributed by atoms with E-state index in [-0.39, 0.29) is 6.04 Å². The zero-order chi connectivity index (χ0) is 10.3. The summed E-state index contributed by atoms with van der Waals surface area (Å²) in [6, 6.07) is 3.88. The van der Waals surface area contributed by atoms with Crippen LogP contribution in [0.3, 0.4) is 0 Å². The summed E-state index contributed by atoms with van der Waals surface area (Å²) in [6.07, 6.45) is 3.26. The van der Waals surface area contributed by atoms with Crippen molar-refractivity contribution in [2.24, 2.45) is 0 Å². The van der Waals surface area contributed by atoms with Crippen molar-refractivity contribution in [3.05, 3.63) is 24.0 Å². The second-order valence-electron chi connectivity index (χ2n) is 3.68. The van der Waals surface area contributed by atoms with E-state index in [4.69, 9.17) is 0 Å². The molecule has 2 rings (SSSR count). The second-order valence-corrected chi connectivity index (χ2v) is 5.61. The fourth-order valence-corrected chi connectivity index (χ4v) is 3.11. The zero-order valence-electron chi connectivity index (χ0n) is 8.34. The van der Waals surface area contributed by atoms with Gasteiger partial charge in [-0.3, -0.25) is 0 Å². The molecule has 1 aliphatic rings. The van der Waals surface area contributed by atoms with Crippen LogP contribution in [0.2, 0.25) is 0 Å². The van der Waals surface area contributed by atoms with Gasteiger partial charge in [-0.25, -0.2) is 8.42 Å². The molecule has 0 N–H and O–H groups in total. The molecule has 0 radical (unpaired) electrons. The first-order valence-electron chi connectivity index (χ1n) is 4.62. The average molecular weight is 214 g/mol. The fraction of sp³-hybridized carbons (Fsp3) is 0.556. The number of nitrogens with zero attached hydrogens (tertiary/aromatic N) is 2. The SMILES string of the molecule is CC1c2cccn2CCN1S(C)(=O)=O. The van der Waals surface area contributed by atoms with Gasteiger partial charge in [-0.2, -0.15) is 4.31 Å². The average Bonchev–Trinajstić information content (AvgIpc) is 2.50. The van der Waals surface area contributed by atoms with Gasteiger partial charge in [0.2, 0.25) is 10.0 Å². The Kier molecular flexibility index (Phi) is 2.16.